The molecule has 0 saturated carbocycles. The Hall–Kier alpha value is -1.35. The quantitative estimate of drug-likeness (QED) is 0.529. The van der Waals surface area contributed by atoms with Crippen LogP contribution in [0.3, 0.4) is 0 Å². The van der Waals surface area contributed by atoms with E-state index in [1.807, 2.05) is 0 Å². The Morgan fingerprint density at radius 3 is 2.62 bits per heavy atom. The van der Waals surface area contributed by atoms with Gasteiger partial charge in [-0.3, -0.25) is 0 Å². The zero-order valence-corrected chi connectivity index (χ0v) is 7.95. The van der Waals surface area contributed by atoms with Crippen LogP contribution < -0.4 is 5.73 Å². The summed E-state index contributed by atoms with van der Waals surface area (Å²) in [6.07, 6.45) is 0. The molecule has 0 unspecified atom stereocenters. The fourth-order valence-corrected chi connectivity index (χ4v) is 1.28. The van der Waals surface area contributed by atoms with Crippen LogP contribution in [0, 0.1) is 23.2 Å². The lowest BCUT2D eigenvalue weighted by Gasteiger charge is -2.01. The van der Waals surface area contributed by atoms with Gasteiger partial charge in [-0.25, -0.2) is 0 Å². The standard InChI is InChI=1S/C9H4Cl2N2/c10-7-4-6(2-1-3-12)9(13)8(11)5-7/h4-5H,13H2. The van der Waals surface area contributed by atoms with Gasteiger partial charge in [-0.1, -0.05) is 23.2 Å². The van der Waals surface area contributed by atoms with Gasteiger partial charge in [0.2, 0.25) is 0 Å². The lowest BCUT2D eigenvalue weighted by atomic mass is 10.2. The molecular formula is C9H4Cl2N2. The summed E-state index contributed by atoms with van der Waals surface area (Å²) in [7, 11) is 0. The first-order valence-electron chi connectivity index (χ1n) is 3.29. The minimum absolute atomic E-state index is 0.341. The van der Waals surface area contributed by atoms with Crippen molar-refractivity contribution in [2.45, 2.75) is 0 Å². The van der Waals surface area contributed by atoms with Gasteiger partial charge >= 0.3 is 0 Å². The van der Waals surface area contributed by atoms with Crippen LogP contribution in [0.4, 0.5) is 5.69 Å². The molecular weight excluding hydrogens is 207 g/mol. The highest BCUT2D eigenvalue weighted by molar-refractivity contribution is 6.36. The van der Waals surface area contributed by atoms with Crippen LogP contribution in [0.1, 0.15) is 5.56 Å². The van der Waals surface area contributed by atoms with Crippen LogP contribution in [-0.2, 0) is 0 Å². The smallest absolute Gasteiger partial charge is 0.152 e. The van der Waals surface area contributed by atoms with Crippen LogP contribution in [0.15, 0.2) is 12.1 Å². The van der Waals surface area contributed by atoms with Crippen molar-refractivity contribution >= 4 is 28.9 Å². The van der Waals surface area contributed by atoms with Gasteiger partial charge < -0.3 is 5.73 Å². The monoisotopic (exact) mass is 210 g/mol. The Kier molecular flexibility index (Phi) is 3.03. The van der Waals surface area contributed by atoms with Gasteiger partial charge in [0.15, 0.2) is 6.07 Å². The number of nitrogen functional groups attached to an aromatic ring is 1. The molecule has 1 aromatic carbocycles. The second-order valence-corrected chi connectivity index (χ2v) is 3.05. The van der Waals surface area contributed by atoms with Gasteiger partial charge in [0.1, 0.15) is 0 Å². The van der Waals surface area contributed by atoms with Crippen molar-refractivity contribution in [3.8, 4) is 17.9 Å². The third-order valence-corrected chi connectivity index (χ3v) is 1.88. The summed E-state index contributed by atoms with van der Waals surface area (Å²) in [6.45, 7) is 0. The highest BCUT2D eigenvalue weighted by Crippen LogP contribution is 2.26. The molecule has 0 fully saturated rings. The zero-order chi connectivity index (χ0) is 9.84. The Labute approximate surface area is 85.9 Å². The van der Waals surface area contributed by atoms with E-state index in [0.29, 0.717) is 21.3 Å². The maximum atomic E-state index is 8.23. The minimum Gasteiger partial charge on any atom is -0.397 e. The van der Waals surface area contributed by atoms with E-state index in [1.54, 1.807) is 12.1 Å². The first kappa shape index (κ1) is 9.74. The molecule has 0 heterocycles. The summed E-state index contributed by atoms with van der Waals surface area (Å²) >= 11 is 11.4. The molecule has 0 atom stereocenters. The van der Waals surface area contributed by atoms with Crippen molar-refractivity contribution in [2.24, 2.45) is 0 Å². The molecule has 0 saturated heterocycles. The van der Waals surface area contributed by atoms with Gasteiger partial charge in [0.25, 0.3) is 0 Å². The van der Waals surface area contributed by atoms with Crippen LogP contribution in [0.2, 0.25) is 10.0 Å². The van der Waals surface area contributed by atoms with Crippen molar-refractivity contribution in [3.63, 3.8) is 0 Å². The van der Waals surface area contributed by atoms with Gasteiger partial charge in [0.05, 0.1) is 16.3 Å². The fraction of sp³-hybridized carbons (Fsp3) is 0. The topological polar surface area (TPSA) is 49.8 Å². The van der Waals surface area contributed by atoms with Crippen LogP contribution in [0.25, 0.3) is 0 Å². The van der Waals surface area contributed by atoms with Crippen molar-refractivity contribution < 1.29 is 0 Å². The molecule has 2 nitrogen and oxygen atoms in total. The van der Waals surface area contributed by atoms with Crippen molar-refractivity contribution in [1.82, 2.24) is 0 Å². The molecule has 13 heavy (non-hydrogen) atoms. The fourth-order valence-electron chi connectivity index (χ4n) is 0.783. The van der Waals surface area contributed by atoms with E-state index >= 15 is 0 Å². The molecule has 1 rings (SSSR count). The molecule has 1 aromatic rings. The third kappa shape index (κ3) is 2.29. The van der Waals surface area contributed by atoms with Gasteiger partial charge in [-0.05, 0) is 18.1 Å². The van der Waals surface area contributed by atoms with E-state index < -0.39 is 0 Å². The maximum absolute atomic E-state index is 8.23. The summed E-state index contributed by atoms with van der Waals surface area (Å²) in [5.41, 5.74) is 6.40. The highest BCUT2D eigenvalue weighted by Gasteiger charge is 2.02. The van der Waals surface area contributed by atoms with Crippen molar-refractivity contribution in [1.29, 1.82) is 5.26 Å². The van der Waals surface area contributed by atoms with Gasteiger partial charge in [0, 0.05) is 10.9 Å². The number of rotatable bonds is 0. The van der Waals surface area contributed by atoms with E-state index in [1.165, 1.54) is 6.07 Å². The Bertz CT molecular complexity index is 435. The largest absolute Gasteiger partial charge is 0.397 e. The highest BCUT2D eigenvalue weighted by atomic mass is 35.5. The lowest BCUT2D eigenvalue weighted by Crippen LogP contribution is -1.91. The minimum atomic E-state index is 0.341. The summed E-state index contributed by atoms with van der Waals surface area (Å²) < 4.78 is 0. The van der Waals surface area contributed by atoms with E-state index in [2.05, 4.69) is 11.8 Å². The summed E-state index contributed by atoms with van der Waals surface area (Å²) in [6, 6.07) is 4.77. The first-order chi connectivity index (χ1) is 6.15. The van der Waals surface area contributed by atoms with Crippen LogP contribution >= 0.6 is 23.2 Å². The van der Waals surface area contributed by atoms with E-state index in [4.69, 9.17) is 34.2 Å². The number of benzene rings is 1. The molecule has 0 bridgehead atoms. The third-order valence-electron chi connectivity index (χ3n) is 1.35. The lowest BCUT2D eigenvalue weighted by molar-refractivity contribution is 1.55. The Balaban J connectivity index is 3.30. The van der Waals surface area contributed by atoms with Crippen LogP contribution in [-0.4, -0.2) is 0 Å². The molecule has 2 N–H and O–H groups in total. The number of hydrogen-bond acceptors (Lipinski definition) is 2. The number of nitrogens with two attached hydrogens (primary N) is 1. The maximum Gasteiger partial charge on any atom is 0.152 e. The molecule has 0 radical (unpaired) electrons. The number of nitrogens with zero attached hydrogens (tertiary/aromatic N) is 1. The zero-order valence-electron chi connectivity index (χ0n) is 6.44. The van der Waals surface area contributed by atoms with Crippen molar-refractivity contribution in [2.75, 3.05) is 5.73 Å². The normalized spacial score (nSPS) is 8.38. The number of hydrogen-bond donors (Lipinski definition) is 1. The van der Waals surface area contributed by atoms with E-state index in [-0.39, 0.29) is 0 Å². The van der Waals surface area contributed by atoms with Gasteiger partial charge in [-0.2, -0.15) is 5.26 Å². The molecule has 64 valence electrons. The summed E-state index contributed by atoms with van der Waals surface area (Å²) in [5, 5.41) is 9.01. The Morgan fingerprint density at radius 2 is 2.00 bits per heavy atom. The SMILES string of the molecule is N#CC#Cc1cc(Cl)cc(Cl)c1N. The molecule has 0 spiro atoms. The first-order valence-corrected chi connectivity index (χ1v) is 4.05. The molecule has 0 aliphatic heterocycles. The van der Waals surface area contributed by atoms with Crippen molar-refractivity contribution in [3.05, 3.63) is 27.7 Å². The molecule has 0 aliphatic carbocycles. The molecule has 0 aliphatic rings. The number of anilines is 1. The average molecular weight is 211 g/mol. The number of nitriles is 1. The second kappa shape index (κ2) is 4.05. The van der Waals surface area contributed by atoms with E-state index in [9.17, 15) is 0 Å². The van der Waals surface area contributed by atoms with Gasteiger partial charge in [-0.15, -0.1) is 0 Å². The predicted molar refractivity (Wildman–Crippen MR) is 53.4 cm³/mol. The van der Waals surface area contributed by atoms with E-state index in [0.717, 1.165) is 0 Å². The van der Waals surface area contributed by atoms with Crippen LogP contribution in [0.5, 0.6) is 0 Å². The summed E-state index contributed by atoms with van der Waals surface area (Å²) in [5.74, 6) is 4.76. The Morgan fingerprint density at radius 1 is 1.31 bits per heavy atom. The summed E-state index contributed by atoms with van der Waals surface area (Å²) in [4.78, 5) is 0. The molecule has 0 aromatic heterocycles. The number of halogens is 2. The second-order valence-electron chi connectivity index (χ2n) is 2.21. The molecule has 4 heteroatoms. The average Bonchev–Trinajstić information content (AvgIpc) is 2.09. The molecule has 0 amide bonds. The predicted octanol–water partition coefficient (Wildman–Crippen LogP) is 2.45.